The molecule has 1 aliphatic rings. The third kappa shape index (κ3) is 4.88. The highest BCUT2D eigenvalue weighted by Crippen LogP contribution is 2.40. The van der Waals surface area contributed by atoms with E-state index in [2.05, 4.69) is 53.4 Å². The van der Waals surface area contributed by atoms with Crippen molar-refractivity contribution in [3.8, 4) is 5.75 Å². The maximum Gasteiger partial charge on any atom is 0.310 e. The van der Waals surface area contributed by atoms with E-state index in [-0.39, 0.29) is 5.25 Å². The zero-order chi connectivity index (χ0) is 21.6. The molecular formula is C26H27NO3S. The van der Waals surface area contributed by atoms with Crippen LogP contribution in [0.4, 0.5) is 5.69 Å². The number of benzene rings is 3. The van der Waals surface area contributed by atoms with Crippen molar-refractivity contribution in [2.24, 2.45) is 0 Å². The number of aliphatic carboxylic acids is 1. The minimum Gasteiger partial charge on any atom is -0.490 e. The van der Waals surface area contributed by atoms with Gasteiger partial charge in [0.1, 0.15) is 12.4 Å². The predicted octanol–water partition coefficient (Wildman–Crippen LogP) is 5.60. The summed E-state index contributed by atoms with van der Waals surface area (Å²) in [5.41, 5.74) is 4.33. The van der Waals surface area contributed by atoms with Crippen LogP contribution in [-0.2, 0) is 4.79 Å². The van der Waals surface area contributed by atoms with Gasteiger partial charge in [-0.2, -0.15) is 0 Å². The molecule has 3 aromatic rings. The molecule has 0 amide bonds. The summed E-state index contributed by atoms with van der Waals surface area (Å²) in [6, 6.07) is 26.9. The van der Waals surface area contributed by atoms with Crippen molar-refractivity contribution in [3.05, 3.63) is 95.6 Å². The van der Waals surface area contributed by atoms with Gasteiger partial charge in [0.25, 0.3) is 0 Å². The summed E-state index contributed by atoms with van der Waals surface area (Å²) >= 11 is 1.92. The molecule has 4 nitrogen and oxygen atoms in total. The lowest BCUT2D eigenvalue weighted by atomic mass is 9.97. The lowest BCUT2D eigenvalue weighted by Gasteiger charge is -2.34. The van der Waals surface area contributed by atoms with Crippen LogP contribution in [0.5, 0.6) is 5.75 Å². The first-order valence-corrected chi connectivity index (χ1v) is 11.6. The number of carboxylic acids is 1. The molecule has 1 unspecified atom stereocenters. The van der Waals surface area contributed by atoms with E-state index in [0.29, 0.717) is 6.61 Å². The smallest absolute Gasteiger partial charge is 0.310 e. The number of rotatable bonds is 8. The molecular weight excluding hydrogens is 406 g/mol. The summed E-state index contributed by atoms with van der Waals surface area (Å²) in [5.74, 6) is 0.308. The maximum absolute atomic E-state index is 11.6. The molecule has 1 N–H and O–H groups in total. The predicted molar refractivity (Wildman–Crippen MR) is 127 cm³/mol. The van der Waals surface area contributed by atoms with Crippen LogP contribution in [0.1, 0.15) is 34.8 Å². The summed E-state index contributed by atoms with van der Waals surface area (Å²) in [5, 5.41) is 9.82. The number of anilines is 1. The van der Waals surface area contributed by atoms with Crippen LogP contribution >= 0.6 is 11.8 Å². The van der Waals surface area contributed by atoms with Crippen LogP contribution in [0, 0.1) is 0 Å². The quantitative estimate of drug-likeness (QED) is 0.501. The SMILES string of the molecule is CC(C(=O)O)c1cccc2c1N(CCSC(c1ccccc1)c1ccccc1)CCO2. The molecule has 0 fully saturated rings. The van der Waals surface area contributed by atoms with Gasteiger partial charge in [-0.05, 0) is 29.7 Å². The van der Waals surface area contributed by atoms with E-state index in [1.54, 1.807) is 6.92 Å². The summed E-state index contributed by atoms with van der Waals surface area (Å²) < 4.78 is 5.85. The maximum atomic E-state index is 11.6. The number of carbonyl (C=O) groups is 1. The van der Waals surface area contributed by atoms with E-state index in [9.17, 15) is 9.90 Å². The van der Waals surface area contributed by atoms with E-state index in [4.69, 9.17) is 4.74 Å². The monoisotopic (exact) mass is 433 g/mol. The fraction of sp³-hybridized carbons (Fsp3) is 0.269. The molecule has 4 rings (SSSR count). The lowest BCUT2D eigenvalue weighted by molar-refractivity contribution is -0.138. The number of nitrogens with zero attached hydrogens (tertiary/aromatic N) is 1. The van der Waals surface area contributed by atoms with Gasteiger partial charge in [0.15, 0.2) is 0 Å². The Kier molecular flexibility index (Phi) is 6.82. The Morgan fingerprint density at radius 3 is 2.26 bits per heavy atom. The highest BCUT2D eigenvalue weighted by atomic mass is 32.2. The fourth-order valence-electron chi connectivity index (χ4n) is 4.00. The second-order valence-corrected chi connectivity index (χ2v) is 8.87. The normalized spacial score (nSPS) is 14.1. The largest absolute Gasteiger partial charge is 0.490 e. The molecule has 1 aliphatic heterocycles. The molecule has 5 heteroatoms. The Morgan fingerprint density at radius 2 is 1.65 bits per heavy atom. The molecule has 160 valence electrons. The first-order valence-electron chi connectivity index (χ1n) is 10.6. The Hall–Kier alpha value is -2.92. The highest BCUT2D eigenvalue weighted by molar-refractivity contribution is 7.99. The first kappa shape index (κ1) is 21.3. The fourth-order valence-corrected chi connectivity index (χ4v) is 5.26. The zero-order valence-corrected chi connectivity index (χ0v) is 18.4. The third-order valence-electron chi connectivity index (χ3n) is 5.65. The number of hydrogen-bond donors (Lipinski definition) is 1. The van der Waals surface area contributed by atoms with Crippen molar-refractivity contribution >= 4 is 23.4 Å². The molecule has 1 atom stereocenters. The summed E-state index contributed by atoms with van der Waals surface area (Å²) in [7, 11) is 0. The summed E-state index contributed by atoms with van der Waals surface area (Å²) in [4.78, 5) is 13.9. The molecule has 0 spiro atoms. The van der Waals surface area contributed by atoms with Crippen LogP contribution in [0.15, 0.2) is 78.9 Å². The van der Waals surface area contributed by atoms with Gasteiger partial charge >= 0.3 is 5.97 Å². The summed E-state index contributed by atoms with van der Waals surface area (Å²) in [6.07, 6.45) is 0. The number of carboxylic acid groups (broad SMARTS) is 1. The molecule has 0 bridgehead atoms. The molecule has 3 aromatic carbocycles. The minimum absolute atomic E-state index is 0.260. The first-order chi connectivity index (χ1) is 15.1. The Balaban J connectivity index is 1.53. The zero-order valence-electron chi connectivity index (χ0n) is 17.6. The Labute approximate surface area is 187 Å². The molecule has 0 saturated heterocycles. The van der Waals surface area contributed by atoms with Gasteiger partial charge in [-0.1, -0.05) is 72.8 Å². The van der Waals surface area contributed by atoms with Crippen molar-refractivity contribution in [2.45, 2.75) is 18.1 Å². The Bertz CT molecular complexity index is 970. The number of fused-ring (bicyclic) bond motifs is 1. The molecule has 0 saturated carbocycles. The number of ether oxygens (including phenoxy) is 1. The van der Waals surface area contributed by atoms with Crippen molar-refractivity contribution in [1.82, 2.24) is 0 Å². The van der Waals surface area contributed by atoms with Crippen LogP contribution in [0.2, 0.25) is 0 Å². The van der Waals surface area contributed by atoms with Crippen LogP contribution in [0.25, 0.3) is 0 Å². The lowest BCUT2D eigenvalue weighted by Crippen LogP contribution is -2.36. The van der Waals surface area contributed by atoms with Gasteiger partial charge in [0, 0.05) is 12.3 Å². The average molecular weight is 434 g/mol. The molecule has 31 heavy (non-hydrogen) atoms. The van der Waals surface area contributed by atoms with Gasteiger partial charge in [0.2, 0.25) is 0 Å². The van der Waals surface area contributed by atoms with Gasteiger partial charge < -0.3 is 14.7 Å². The van der Waals surface area contributed by atoms with E-state index in [0.717, 1.165) is 35.8 Å². The molecule has 1 heterocycles. The molecule has 0 radical (unpaired) electrons. The van der Waals surface area contributed by atoms with Crippen LogP contribution in [-0.4, -0.2) is 36.5 Å². The van der Waals surface area contributed by atoms with Crippen molar-refractivity contribution in [2.75, 3.05) is 30.3 Å². The average Bonchev–Trinajstić information content (AvgIpc) is 2.82. The van der Waals surface area contributed by atoms with E-state index < -0.39 is 11.9 Å². The van der Waals surface area contributed by atoms with E-state index in [1.807, 2.05) is 42.1 Å². The topological polar surface area (TPSA) is 49.8 Å². The van der Waals surface area contributed by atoms with Gasteiger partial charge in [0.05, 0.1) is 23.4 Å². The van der Waals surface area contributed by atoms with E-state index >= 15 is 0 Å². The highest BCUT2D eigenvalue weighted by Gasteiger charge is 2.27. The number of para-hydroxylation sites is 1. The molecule has 0 aliphatic carbocycles. The summed E-state index contributed by atoms with van der Waals surface area (Å²) in [6.45, 7) is 3.95. The molecule has 0 aromatic heterocycles. The van der Waals surface area contributed by atoms with Crippen LogP contribution in [0.3, 0.4) is 0 Å². The van der Waals surface area contributed by atoms with E-state index in [1.165, 1.54) is 11.1 Å². The second-order valence-electron chi connectivity index (χ2n) is 7.66. The van der Waals surface area contributed by atoms with Gasteiger partial charge in [-0.3, -0.25) is 4.79 Å². The second kappa shape index (κ2) is 9.92. The van der Waals surface area contributed by atoms with Gasteiger partial charge in [-0.15, -0.1) is 11.8 Å². The standard InChI is InChI=1S/C26H27NO3S/c1-19(26(28)29)22-13-8-14-23-24(22)27(15-17-30-23)16-18-31-25(20-9-4-2-5-10-20)21-11-6-3-7-12-21/h2-14,19,25H,15-18H2,1H3,(H,28,29). The van der Waals surface area contributed by atoms with Crippen molar-refractivity contribution in [3.63, 3.8) is 0 Å². The minimum atomic E-state index is -0.818. The number of hydrogen-bond acceptors (Lipinski definition) is 4. The number of thioether (sulfide) groups is 1. The Morgan fingerprint density at radius 1 is 1.00 bits per heavy atom. The van der Waals surface area contributed by atoms with Crippen molar-refractivity contribution in [1.29, 1.82) is 0 Å². The third-order valence-corrected chi connectivity index (χ3v) is 6.95. The van der Waals surface area contributed by atoms with Gasteiger partial charge in [-0.25, -0.2) is 0 Å². The van der Waals surface area contributed by atoms with Crippen molar-refractivity contribution < 1.29 is 14.6 Å². The van der Waals surface area contributed by atoms with Crippen LogP contribution < -0.4 is 9.64 Å².